The molecule has 1 fully saturated rings. The molecule has 7 nitrogen and oxygen atoms in total. The number of alkyl carbamates (subject to hydrolysis) is 1. The number of nitrogens with one attached hydrogen (secondary N) is 3. The molecule has 0 bridgehead atoms. The highest BCUT2D eigenvalue weighted by Gasteiger charge is 2.18. The summed E-state index contributed by atoms with van der Waals surface area (Å²) in [5.41, 5.74) is 0.901. The summed E-state index contributed by atoms with van der Waals surface area (Å²) < 4.78 is 5.11. The Kier molecular flexibility index (Phi) is 7.61. The SMILES string of the molecule is CC(C)(C)OC(=O)NCCC(=O)NCc1ccccc1NC(=O)/C=C/C1CC1. The van der Waals surface area contributed by atoms with Gasteiger partial charge in [0.15, 0.2) is 0 Å². The maximum absolute atomic E-state index is 12.0. The van der Waals surface area contributed by atoms with E-state index in [0.29, 0.717) is 11.6 Å². The molecule has 3 amide bonds. The molecule has 3 N–H and O–H groups in total. The van der Waals surface area contributed by atoms with Gasteiger partial charge in [0.05, 0.1) is 0 Å². The van der Waals surface area contributed by atoms with Gasteiger partial charge in [-0.25, -0.2) is 4.79 Å². The lowest BCUT2D eigenvalue weighted by Gasteiger charge is -2.19. The highest BCUT2D eigenvalue weighted by atomic mass is 16.6. The number of carbonyl (C=O) groups excluding carboxylic acids is 3. The fourth-order valence-corrected chi connectivity index (χ4v) is 2.36. The fraction of sp³-hybridized carbons (Fsp3) is 0.476. The predicted molar refractivity (Wildman–Crippen MR) is 108 cm³/mol. The third kappa shape index (κ3) is 8.70. The molecule has 1 saturated carbocycles. The van der Waals surface area contributed by atoms with E-state index >= 15 is 0 Å². The number of hydrogen-bond donors (Lipinski definition) is 3. The Morgan fingerprint density at radius 2 is 1.86 bits per heavy atom. The van der Waals surface area contributed by atoms with Crippen LogP contribution in [0, 0.1) is 5.92 Å². The van der Waals surface area contributed by atoms with Gasteiger partial charge in [-0.3, -0.25) is 9.59 Å². The first-order valence-electron chi connectivity index (χ1n) is 9.53. The number of carbonyl (C=O) groups is 3. The van der Waals surface area contributed by atoms with Crippen LogP contribution in [0.3, 0.4) is 0 Å². The van der Waals surface area contributed by atoms with Crippen LogP contribution >= 0.6 is 0 Å². The first-order chi connectivity index (χ1) is 13.2. The summed E-state index contributed by atoms with van der Waals surface area (Å²) in [5.74, 6) is 0.160. The zero-order valence-corrected chi connectivity index (χ0v) is 16.7. The Bertz CT molecular complexity index is 733. The summed E-state index contributed by atoms with van der Waals surface area (Å²) in [6.45, 7) is 5.80. The molecule has 0 aromatic heterocycles. The maximum Gasteiger partial charge on any atom is 0.407 e. The van der Waals surface area contributed by atoms with Gasteiger partial charge in [-0.15, -0.1) is 0 Å². The Morgan fingerprint density at radius 1 is 1.14 bits per heavy atom. The zero-order valence-electron chi connectivity index (χ0n) is 16.7. The third-order valence-electron chi connectivity index (χ3n) is 3.91. The molecule has 0 radical (unpaired) electrons. The van der Waals surface area contributed by atoms with Crippen molar-refractivity contribution in [1.82, 2.24) is 10.6 Å². The van der Waals surface area contributed by atoms with Crippen LogP contribution in [-0.4, -0.2) is 30.1 Å². The molecule has 28 heavy (non-hydrogen) atoms. The van der Waals surface area contributed by atoms with Crippen molar-refractivity contribution in [2.75, 3.05) is 11.9 Å². The second-order valence-electron chi connectivity index (χ2n) is 7.80. The molecule has 1 aromatic carbocycles. The molecule has 0 spiro atoms. The minimum Gasteiger partial charge on any atom is -0.444 e. The van der Waals surface area contributed by atoms with E-state index in [-0.39, 0.29) is 31.3 Å². The van der Waals surface area contributed by atoms with Crippen LogP contribution in [0.25, 0.3) is 0 Å². The van der Waals surface area contributed by atoms with Gasteiger partial charge in [-0.2, -0.15) is 0 Å². The number of benzene rings is 1. The summed E-state index contributed by atoms with van der Waals surface area (Å²) in [7, 11) is 0. The molecule has 152 valence electrons. The normalized spacial score (nSPS) is 13.8. The molecule has 2 rings (SSSR count). The van der Waals surface area contributed by atoms with E-state index < -0.39 is 11.7 Å². The number of hydrogen-bond acceptors (Lipinski definition) is 4. The van der Waals surface area contributed by atoms with Crippen molar-refractivity contribution in [2.45, 2.75) is 52.2 Å². The first-order valence-corrected chi connectivity index (χ1v) is 9.53. The van der Waals surface area contributed by atoms with E-state index in [9.17, 15) is 14.4 Å². The van der Waals surface area contributed by atoms with Crippen molar-refractivity contribution in [3.63, 3.8) is 0 Å². The van der Waals surface area contributed by atoms with Crippen molar-refractivity contribution in [2.24, 2.45) is 5.92 Å². The van der Waals surface area contributed by atoms with E-state index in [1.807, 2.05) is 24.3 Å². The van der Waals surface area contributed by atoms with Crippen LogP contribution in [0.15, 0.2) is 36.4 Å². The van der Waals surface area contributed by atoms with E-state index in [2.05, 4.69) is 16.0 Å². The number of anilines is 1. The van der Waals surface area contributed by atoms with E-state index in [1.165, 1.54) is 0 Å². The van der Waals surface area contributed by atoms with Crippen LogP contribution in [0.2, 0.25) is 0 Å². The summed E-state index contributed by atoms with van der Waals surface area (Å²) in [5, 5.41) is 8.19. The van der Waals surface area contributed by atoms with Crippen molar-refractivity contribution < 1.29 is 19.1 Å². The molecule has 0 heterocycles. The van der Waals surface area contributed by atoms with Gasteiger partial charge in [0.25, 0.3) is 0 Å². The lowest BCUT2D eigenvalue weighted by Crippen LogP contribution is -2.35. The van der Waals surface area contributed by atoms with Crippen molar-refractivity contribution in [3.8, 4) is 0 Å². The van der Waals surface area contributed by atoms with Crippen molar-refractivity contribution in [3.05, 3.63) is 42.0 Å². The fourth-order valence-electron chi connectivity index (χ4n) is 2.36. The van der Waals surface area contributed by atoms with Crippen LogP contribution in [0.5, 0.6) is 0 Å². The Labute approximate surface area is 165 Å². The summed E-state index contributed by atoms with van der Waals surface area (Å²) >= 11 is 0. The smallest absolute Gasteiger partial charge is 0.407 e. The van der Waals surface area contributed by atoms with Gasteiger partial charge in [0, 0.05) is 25.2 Å². The minimum atomic E-state index is -0.575. The van der Waals surface area contributed by atoms with Crippen LogP contribution in [-0.2, 0) is 20.9 Å². The largest absolute Gasteiger partial charge is 0.444 e. The molecule has 0 saturated heterocycles. The summed E-state index contributed by atoms with van der Waals surface area (Å²) in [6, 6.07) is 7.32. The average Bonchev–Trinajstić information content (AvgIpc) is 3.42. The number of allylic oxidation sites excluding steroid dienone is 1. The second kappa shape index (κ2) is 9.92. The lowest BCUT2D eigenvalue weighted by molar-refractivity contribution is -0.121. The molecule has 1 aliphatic carbocycles. The minimum absolute atomic E-state index is 0.137. The number of rotatable bonds is 8. The van der Waals surface area contributed by atoms with Gasteiger partial charge in [0.1, 0.15) is 5.60 Å². The molecule has 1 aromatic rings. The quantitative estimate of drug-likeness (QED) is 0.597. The van der Waals surface area contributed by atoms with E-state index in [4.69, 9.17) is 4.74 Å². The number of para-hydroxylation sites is 1. The molecule has 1 aliphatic rings. The van der Waals surface area contributed by atoms with Gasteiger partial charge in [-0.1, -0.05) is 24.3 Å². The molecule has 0 aliphatic heterocycles. The van der Waals surface area contributed by atoms with E-state index in [1.54, 1.807) is 32.9 Å². The summed E-state index contributed by atoms with van der Waals surface area (Å²) in [4.78, 5) is 35.6. The Balaban J connectivity index is 1.75. The average molecular weight is 387 g/mol. The molecular weight excluding hydrogens is 358 g/mol. The second-order valence-corrected chi connectivity index (χ2v) is 7.80. The Morgan fingerprint density at radius 3 is 2.54 bits per heavy atom. The maximum atomic E-state index is 12.0. The lowest BCUT2D eigenvalue weighted by atomic mass is 10.1. The zero-order chi connectivity index (χ0) is 20.6. The number of ether oxygens (including phenoxy) is 1. The topological polar surface area (TPSA) is 96.5 Å². The standard InChI is InChI=1S/C21H29N3O4/c1-21(2,3)28-20(27)22-13-12-18(25)23-14-16-6-4-5-7-17(16)24-19(26)11-10-15-8-9-15/h4-7,10-11,15H,8-9,12-14H2,1-3H3,(H,22,27)(H,23,25)(H,24,26)/b11-10+. The monoisotopic (exact) mass is 387 g/mol. The summed E-state index contributed by atoms with van der Waals surface area (Å²) in [6.07, 6.45) is 5.38. The highest BCUT2D eigenvalue weighted by molar-refractivity contribution is 5.99. The van der Waals surface area contributed by atoms with Gasteiger partial charge < -0.3 is 20.7 Å². The third-order valence-corrected chi connectivity index (χ3v) is 3.91. The molecule has 0 unspecified atom stereocenters. The number of amides is 3. The predicted octanol–water partition coefficient (Wildman–Crippen LogP) is 3.12. The van der Waals surface area contributed by atoms with Crippen molar-refractivity contribution >= 4 is 23.6 Å². The van der Waals surface area contributed by atoms with Gasteiger partial charge in [0.2, 0.25) is 11.8 Å². The van der Waals surface area contributed by atoms with Crippen LogP contribution in [0.1, 0.15) is 45.6 Å². The molecule has 0 atom stereocenters. The Hall–Kier alpha value is -2.83. The van der Waals surface area contributed by atoms with Crippen LogP contribution < -0.4 is 16.0 Å². The van der Waals surface area contributed by atoms with Gasteiger partial charge in [-0.05, 0) is 57.2 Å². The van der Waals surface area contributed by atoms with Crippen LogP contribution in [0.4, 0.5) is 10.5 Å². The van der Waals surface area contributed by atoms with Gasteiger partial charge >= 0.3 is 6.09 Å². The highest BCUT2D eigenvalue weighted by Crippen LogP contribution is 2.30. The molecular formula is C21H29N3O4. The first kappa shape index (κ1) is 21.5. The van der Waals surface area contributed by atoms with E-state index in [0.717, 1.165) is 18.4 Å². The molecule has 7 heteroatoms. The van der Waals surface area contributed by atoms with Crippen molar-refractivity contribution in [1.29, 1.82) is 0 Å².